The molecule has 23 heavy (non-hydrogen) atoms. The second-order valence-corrected chi connectivity index (χ2v) is 6.45. The Hall–Kier alpha value is -1.26. The molecule has 0 heterocycles. The van der Waals surface area contributed by atoms with Gasteiger partial charge in [-0.1, -0.05) is 41.4 Å². The zero-order chi connectivity index (χ0) is 16.8. The van der Waals surface area contributed by atoms with Crippen molar-refractivity contribution in [2.45, 2.75) is 32.6 Å². The summed E-state index contributed by atoms with van der Waals surface area (Å²) in [6.45, 7) is 5.03. The largest absolute Gasteiger partial charge is 0.491 e. The maximum Gasteiger partial charge on any atom is 0.119 e. The molecule has 2 N–H and O–H groups in total. The molecular weight excluding hydrogens is 333 g/mol. The van der Waals surface area contributed by atoms with E-state index in [2.05, 4.69) is 5.32 Å². The third-order valence-corrected chi connectivity index (χ3v) is 4.03. The number of rotatable bonds is 7. The molecule has 5 heteroatoms. The monoisotopic (exact) mass is 353 g/mol. The fourth-order valence-corrected chi connectivity index (χ4v) is 2.48. The molecule has 0 spiro atoms. The highest BCUT2D eigenvalue weighted by molar-refractivity contribution is 6.42. The zero-order valence-corrected chi connectivity index (χ0v) is 14.7. The number of benzene rings is 2. The molecule has 0 aliphatic rings. The second kappa shape index (κ2) is 8.55. The normalized spacial score (nSPS) is 12.4. The first kappa shape index (κ1) is 18.1. The number of hydrogen-bond donors (Lipinski definition) is 2. The van der Waals surface area contributed by atoms with Gasteiger partial charge < -0.3 is 15.2 Å². The van der Waals surface area contributed by atoms with Crippen molar-refractivity contribution in [3.05, 3.63) is 63.6 Å². The number of ether oxygens (including phenoxy) is 1. The second-order valence-electron chi connectivity index (χ2n) is 5.63. The van der Waals surface area contributed by atoms with Crippen molar-refractivity contribution < 1.29 is 9.84 Å². The van der Waals surface area contributed by atoms with Gasteiger partial charge in [-0.15, -0.1) is 0 Å². The third-order valence-electron chi connectivity index (χ3n) is 3.29. The van der Waals surface area contributed by atoms with E-state index in [1.54, 1.807) is 6.07 Å². The van der Waals surface area contributed by atoms with E-state index in [0.29, 0.717) is 23.1 Å². The topological polar surface area (TPSA) is 41.5 Å². The highest BCUT2D eigenvalue weighted by atomic mass is 35.5. The summed E-state index contributed by atoms with van der Waals surface area (Å²) in [5.74, 6) is 0.805. The first-order valence-corrected chi connectivity index (χ1v) is 8.30. The first-order valence-electron chi connectivity index (χ1n) is 7.55. The van der Waals surface area contributed by atoms with Gasteiger partial charge >= 0.3 is 0 Å². The van der Waals surface area contributed by atoms with Gasteiger partial charge in [0.25, 0.3) is 0 Å². The molecule has 0 saturated heterocycles. The summed E-state index contributed by atoms with van der Waals surface area (Å²) in [6.07, 6.45) is -0.440. The molecule has 0 bridgehead atoms. The van der Waals surface area contributed by atoms with E-state index < -0.39 is 6.10 Å². The molecule has 3 nitrogen and oxygen atoms in total. The molecule has 0 radical (unpaired) electrons. The van der Waals surface area contributed by atoms with Gasteiger partial charge in [-0.05, 0) is 49.2 Å². The fraction of sp³-hybridized carbons (Fsp3) is 0.333. The van der Waals surface area contributed by atoms with Crippen LogP contribution in [0, 0.1) is 0 Å². The number of aliphatic hydroxyl groups is 1. The highest BCUT2D eigenvalue weighted by Crippen LogP contribution is 2.23. The minimum atomic E-state index is -0.578. The molecular formula is C18H21Cl2NO2. The molecule has 0 aliphatic carbocycles. The van der Waals surface area contributed by atoms with Crippen LogP contribution in [0.1, 0.15) is 31.1 Å². The van der Waals surface area contributed by atoms with Crippen molar-refractivity contribution in [2.24, 2.45) is 0 Å². The van der Waals surface area contributed by atoms with Crippen molar-refractivity contribution in [1.29, 1.82) is 0 Å². The summed E-state index contributed by atoms with van der Waals surface area (Å²) < 4.78 is 5.59. The van der Waals surface area contributed by atoms with E-state index in [1.807, 2.05) is 50.2 Å². The van der Waals surface area contributed by atoms with Crippen LogP contribution in [0.5, 0.6) is 5.75 Å². The summed E-state index contributed by atoms with van der Waals surface area (Å²) in [6, 6.07) is 13.0. The quantitative estimate of drug-likeness (QED) is 0.763. The van der Waals surface area contributed by atoms with Crippen LogP contribution in [0.25, 0.3) is 0 Å². The van der Waals surface area contributed by atoms with Crippen molar-refractivity contribution >= 4 is 23.2 Å². The molecule has 2 aromatic carbocycles. The molecule has 124 valence electrons. The lowest BCUT2D eigenvalue weighted by Gasteiger charge is -2.14. The predicted molar refractivity (Wildman–Crippen MR) is 95.3 cm³/mol. The Kier molecular flexibility index (Phi) is 6.72. The maximum absolute atomic E-state index is 10.2. The van der Waals surface area contributed by atoms with Crippen molar-refractivity contribution in [3.63, 3.8) is 0 Å². The van der Waals surface area contributed by atoms with E-state index in [9.17, 15) is 5.11 Å². The van der Waals surface area contributed by atoms with Crippen molar-refractivity contribution in [2.75, 3.05) is 6.54 Å². The number of aliphatic hydroxyl groups excluding tert-OH is 1. The average molecular weight is 354 g/mol. The van der Waals surface area contributed by atoms with Gasteiger partial charge in [0, 0.05) is 13.1 Å². The minimum absolute atomic E-state index is 0.138. The molecule has 0 aromatic heterocycles. The summed E-state index contributed by atoms with van der Waals surface area (Å²) in [5, 5.41) is 14.5. The SMILES string of the molecule is CC(C)Oc1ccc(C(O)CNCc2ccc(Cl)c(Cl)c2)cc1. The lowest BCUT2D eigenvalue weighted by Crippen LogP contribution is -2.21. The zero-order valence-electron chi connectivity index (χ0n) is 13.2. The van der Waals surface area contributed by atoms with Crippen LogP contribution in [0.2, 0.25) is 10.0 Å². The number of nitrogens with one attached hydrogen (secondary N) is 1. The van der Waals surface area contributed by atoms with Crippen LogP contribution in [0.15, 0.2) is 42.5 Å². The molecule has 0 saturated carbocycles. The van der Waals surface area contributed by atoms with Gasteiger partial charge in [0.15, 0.2) is 0 Å². The Labute approximate surface area is 147 Å². The Morgan fingerprint density at radius 3 is 2.35 bits per heavy atom. The Balaban J connectivity index is 1.84. The average Bonchev–Trinajstić information content (AvgIpc) is 2.51. The lowest BCUT2D eigenvalue weighted by molar-refractivity contribution is 0.174. The molecule has 0 fully saturated rings. The van der Waals surface area contributed by atoms with E-state index in [0.717, 1.165) is 16.9 Å². The Morgan fingerprint density at radius 1 is 1.04 bits per heavy atom. The van der Waals surface area contributed by atoms with E-state index in [4.69, 9.17) is 27.9 Å². The van der Waals surface area contributed by atoms with E-state index in [1.165, 1.54) is 0 Å². The van der Waals surface area contributed by atoms with Gasteiger partial charge in [0.1, 0.15) is 5.75 Å². The number of hydrogen-bond acceptors (Lipinski definition) is 3. The summed E-state index contributed by atoms with van der Waals surface area (Å²) >= 11 is 11.9. The van der Waals surface area contributed by atoms with Gasteiger partial charge in [0.2, 0.25) is 0 Å². The first-order chi connectivity index (χ1) is 11.0. The van der Waals surface area contributed by atoms with E-state index in [-0.39, 0.29) is 6.10 Å². The highest BCUT2D eigenvalue weighted by Gasteiger charge is 2.08. The smallest absolute Gasteiger partial charge is 0.119 e. The van der Waals surface area contributed by atoms with Gasteiger partial charge in [-0.2, -0.15) is 0 Å². The van der Waals surface area contributed by atoms with Crippen molar-refractivity contribution in [3.8, 4) is 5.75 Å². The van der Waals surface area contributed by atoms with Crippen LogP contribution in [-0.2, 0) is 6.54 Å². The third kappa shape index (κ3) is 5.70. The van der Waals surface area contributed by atoms with E-state index >= 15 is 0 Å². The van der Waals surface area contributed by atoms with Gasteiger partial charge in [-0.3, -0.25) is 0 Å². The molecule has 2 rings (SSSR count). The molecule has 0 amide bonds. The van der Waals surface area contributed by atoms with Crippen LogP contribution in [0.4, 0.5) is 0 Å². The minimum Gasteiger partial charge on any atom is -0.491 e. The van der Waals surface area contributed by atoms with Crippen LogP contribution in [-0.4, -0.2) is 17.8 Å². The predicted octanol–water partition coefficient (Wildman–Crippen LogP) is 4.60. The Morgan fingerprint density at radius 2 is 1.74 bits per heavy atom. The fourth-order valence-electron chi connectivity index (χ4n) is 2.16. The van der Waals surface area contributed by atoms with Crippen LogP contribution >= 0.6 is 23.2 Å². The molecule has 1 unspecified atom stereocenters. The number of halogens is 2. The summed E-state index contributed by atoms with van der Waals surface area (Å²) in [5.41, 5.74) is 1.87. The Bertz CT molecular complexity index is 629. The molecule has 2 aromatic rings. The molecule has 1 atom stereocenters. The maximum atomic E-state index is 10.2. The van der Waals surface area contributed by atoms with Crippen molar-refractivity contribution in [1.82, 2.24) is 5.32 Å². The standard InChI is InChI=1S/C18H21Cl2NO2/c1-12(2)23-15-6-4-14(5-7-15)18(22)11-21-10-13-3-8-16(19)17(20)9-13/h3-9,12,18,21-22H,10-11H2,1-2H3. The summed E-state index contributed by atoms with van der Waals surface area (Å²) in [7, 11) is 0. The van der Waals surface area contributed by atoms with Gasteiger partial charge in [-0.25, -0.2) is 0 Å². The van der Waals surface area contributed by atoms with Crippen LogP contribution < -0.4 is 10.1 Å². The summed E-state index contributed by atoms with van der Waals surface area (Å²) in [4.78, 5) is 0. The molecule has 0 aliphatic heterocycles. The van der Waals surface area contributed by atoms with Crippen LogP contribution in [0.3, 0.4) is 0 Å². The lowest BCUT2D eigenvalue weighted by atomic mass is 10.1. The van der Waals surface area contributed by atoms with Gasteiger partial charge in [0.05, 0.1) is 22.3 Å².